The van der Waals surface area contributed by atoms with E-state index in [4.69, 9.17) is 0 Å². The lowest BCUT2D eigenvalue weighted by molar-refractivity contribution is 0.584. The smallest absolute Gasteiger partial charge is 0.251 e. The van der Waals surface area contributed by atoms with Gasteiger partial charge in [0.05, 0.1) is 11.0 Å². The second kappa shape index (κ2) is 6.95. The van der Waals surface area contributed by atoms with E-state index in [1.807, 2.05) is 24.0 Å². The second-order valence-corrected chi connectivity index (χ2v) is 8.84. The number of anilines is 1. The van der Waals surface area contributed by atoms with Crippen molar-refractivity contribution in [1.82, 2.24) is 15.0 Å². The van der Waals surface area contributed by atoms with E-state index in [1.165, 1.54) is 6.07 Å². The predicted molar refractivity (Wildman–Crippen MR) is 97.5 cm³/mol. The molecule has 1 aliphatic rings. The van der Waals surface area contributed by atoms with E-state index in [-0.39, 0.29) is 16.6 Å². The summed E-state index contributed by atoms with van der Waals surface area (Å²) in [4.78, 5) is 25.3. The number of pyridine rings is 1. The monoisotopic (exact) mass is 362 g/mol. The number of aromatic amines is 1. The zero-order valence-electron chi connectivity index (χ0n) is 14.4. The Morgan fingerprint density at radius 3 is 2.80 bits per heavy atom. The van der Waals surface area contributed by atoms with Crippen LogP contribution in [0.1, 0.15) is 26.0 Å². The number of nitrogens with one attached hydrogen (secondary N) is 1. The predicted octanol–water partition coefficient (Wildman–Crippen LogP) is 1.41. The van der Waals surface area contributed by atoms with Crippen molar-refractivity contribution >= 4 is 15.7 Å². The highest BCUT2D eigenvalue weighted by molar-refractivity contribution is 7.92. The molecule has 25 heavy (non-hydrogen) atoms. The number of hydrogen-bond acceptors (Lipinski definition) is 6. The van der Waals surface area contributed by atoms with Crippen LogP contribution in [0.2, 0.25) is 0 Å². The molecule has 0 aromatic carbocycles. The van der Waals surface area contributed by atoms with Gasteiger partial charge in [-0.3, -0.25) is 4.79 Å². The minimum Gasteiger partial charge on any atom is -0.356 e. The Morgan fingerprint density at radius 1 is 1.32 bits per heavy atom. The zero-order chi connectivity index (χ0) is 18.0. The molecule has 0 spiro atoms. The molecule has 0 amide bonds. The first-order valence-corrected chi connectivity index (χ1v) is 10.1. The molecular formula is C17H22N4O3S. The third-order valence-corrected chi connectivity index (χ3v) is 6.78. The molecule has 7 nitrogen and oxygen atoms in total. The molecule has 2 aromatic rings. The van der Waals surface area contributed by atoms with Crippen molar-refractivity contribution in [2.24, 2.45) is 0 Å². The van der Waals surface area contributed by atoms with Gasteiger partial charge >= 0.3 is 0 Å². The molecule has 1 saturated heterocycles. The van der Waals surface area contributed by atoms with Crippen molar-refractivity contribution < 1.29 is 8.42 Å². The molecule has 0 saturated carbocycles. The first kappa shape index (κ1) is 17.6. The summed E-state index contributed by atoms with van der Waals surface area (Å²) in [5.41, 5.74) is 1.28. The van der Waals surface area contributed by atoms with Crippen LogP contribution in [0.5, 0.6) is 0 Å². The van der Waals surface area contributed by atoms with Crippen molar-refractivity contribution in [3.8, 4) is 11.4 Å². The number of aryl methyl sites for hydroxylation is 1. The summed E-state index contributed by atoms with van der Waals surface area (Å²) in [6.45, 7) is 4.81. The van der Waals surface area contributed by atoms with Crippen LogP contribution in [-0.2, 0) is 16.3 Å². The summed E-state index contributed by atoms with van der Waals surface area (Å²) in [6.07, 6.45) is 2.94. The molecule has 8 heteroatoms. The number of H-pyrrole nitrogens is 1. The van der Waals surface area contributed by atoms with Crippen LogP contribution in [0, 0.1) is 0 Å². The van der Waals surface area contributed by atoms with Crippen LogP contribution in [0.3, 0.4) is 0 Å². The van der Waals surface area contributed by atoms with Gasteiger partial charge in [0.15, 0.2) is 9.84 Å². The number of sulfone groups is 1. The highest BCUT2D eigenvalue weighted by Crippen LogP contribution is 2.21. The van der Waals surface area contributed by atoms with E-state index in [9.17, 15) is 13.2 Å². The minimum atomic E-state index is -3.02. The van der Waals surface area contributed by atoms with E-state index in [0.717, 1.165) is 17.1 Å². The fourth-order valence-electron chi connectivity index (χ4n) is 2.84. The first-order valence-electron chi connectivity index (χ1n) is 8.42. The Balaban J connectivity index is 1.83. The highest BCUT2D eigenvalue weighted by atomic mass is 32.2. The molecule has 1 unspecified atom stereocenters. The summed E-state index contributed by atoms with van der Waals surface area (Å²) >= 11 is 0. The van der Waals surface area contributed by atoms with Crippen molar-refractivity contribution in [2.45, 2.75) is 31.9 Å². The minimum absolute atomic E-state index is 0.144. The van der Waals surface area contributed by atoms with Crippen LogP contribution in [0.4, 0.5) is 5.82 Å². The van der Waals surface area contributed by atoms with Gasteiger partial charge in [-0.25, -0.2) is 18.4 Å². The Kier molecular flexibility index (Phi) is 4.89. The lowest BCUT2D eigenvalue weighted by atomic mass is 10.2. The lowest BCUT2D eigenvalue weighted by Crippen LogP contribution is -2.27. The topological polar surface area (TPSA) is 96.0 Å². The number of aromatic nitrogens is 3. The molecule has 2 aromatic heterocycles. The third kappa shape index (κ3) is 3.89. The summed E-state index contributed by atoms with van der Waals surface area (Å²) in [5, 5.41) is -0.317. The van der Waals surface area contributed by atoms with Crippen LogP contribution in [0.15, 0.2) is 29.2 Å². The summed E-state index contributed by atoms with van der Waals surface area (Å²) < 4.78 is 24.0. The average molecular weight is 362 g/mol. The summed E-state index contributed by atoms with van der Waals surface area (Å²) in [6, 6.07) is 5.18. The van der Waals surface area contributed by atoms with Gasteiger partial charge in [-0.2, -0.15) is 0 Å². The van der Waals surface area contributed by atoms with Gasteiger partial charge < -0.3 is 9.88 Å². The average Bonchev–Trinajstić information content (AvgIpc) is 2.73. The number of hydrogen-bond donors (Lipinski definition) is 1. The zero-order valence-corrected chi connectivity index (χ0v) is 15.2. The fraction of sp³-hybridized carbons (Fsp3) is 0.471. The largest absolute Gasteiger partial charge is 0.356 e. The Morgan fingerprint density at radius 2 is 2.12 bits per heavy atom. The molecule has 0 bridgehead atoms. The van der Waals surface area contributed by atoms with Crippen LogP contribution < -0.4 is 10.5 Å². The third-order valence-electron chi connectivity index (χ3n) is 4.57. The van der Waals surface area contributed by atoms with Crippen molar-refractivity contribution in [3.63, 3.8) is 0 Å². The van der Waals surface area contributed by atoms with Gasteiger partial charge in [0, 0.05) is 36.6 Å². The highest BCUT2D eigenvalue weighted by Gasteiger charge is 2.26. The van der Waals surface area contributed by atoms with Gasteiger partial charge in [0.2, 0.25) is 0 Å². The molecule has 3 heterocycles. The van der Waals surface area contributed by atoms with E-state index in [0.29, 0.717) is 31.8 Å². The first-order chi connectivity index (χ1) is 11.9. The van der Waals surface area contributed by atoms with Crippen molar-refractivity contribution in [2.75, 3.05) is 23.7 Å². The van der Waals surface area contributed by atoms with Gasteiger partial charge in [-0.05, 0) is 31.9 Å². The fourth-order valence-corrected chi connectivity index (χ4v) is 4.18. The molecule has 0 radical (unpaired) electrons. The molecule has 1 atom stereocenters. The van der Waals surface area contributed by atoms with E-state index >= 15 is 0 Å². The Bertz CT molecular complexity index is 906. The van der Waals surface area contributed by atoms with E-state index in [1.54, 1.807) is 13.1 Å². The maximum atomic E-state index is 12.0. The van der Waals surface area contributed by atoms with Crippen molar-refractivity contribution in [1.29, 1.82) is 0 Å². The Labute approximate surface area is 147 Å². The molecule has 3 rings (SSSR count). The van der Waals surface area contributed by atoms with Crippen LogP contribution in [0.25, 0.3) is 11.4 Å². The van der Waals surface area contributed by atoms with Crippen LogP contribution in [-0.4, -0.2) is 47.5 Å². The molecule has 134 valence electrons. The lowest BCUT2D eigenvalue weighted by Gasteiger charge is -2.20. The number of nitrogens with zero attached hydrogens (tertiary/aromatic N) is 3. The SMILES string of the molecule is CCc1cc(=O)[nH]c(-c2ccc(N3CCC(C)S(=O)(=O)CC3)nc2)n1. The van der Waals surface area contributed by atoms with Crippen molar-refractivity contribution in [3.05, 3.63) is 40.4 Å². The summed E-state index contributed by atoms with van der Waals surface area (Å²) in [5.74, 6) is 1.38. The standard InChI is InChI=1S/C17H22N4O3S/c1-3-14-10-16(22)20-17(19-14)13-4-5-15(18-11-13)21-7-6-12(2)25(23,24)9-8-21/h4-5,10-12H,3,6-9H2,1-2H3,(H,19,20,22). The second-order valence-electron chi connectivity index (χ2n) is 6.30. The Hall–Kier alpha value is -2.22. The van der Waals surface area contributed by atoms with Crippen LogP contribution >= 0.6 is 0 Å². The van der Waals surface area contributed by atoms with E-state index < -0.39 is 9.84 Å². The quantitative estimate of drug-likeness (QED) is 0.887. The van der Waals surface area contributed by atoms with Gasteiger partial charge in [-0.1, -0.05) is 6.92 Å². The molecule has 1 N–H and O–H groups in total. The van der Waals surface area contributed by atoms with E-state index in [2.05, 4.69) is 15.0 Å². The van der Waals surface area contributed by atoms with Gasteiger partial charge in [0.25, 0.3) is 5.56 Å². The maximum absolute atomic E-state index is 12.0. The molecule has 0 aliphatic carbocycles. The van der Waals surface area contributed by atoms with Gasteiger partial charge in [0.1, 0.15) is 11.6 Å². The molecule has 1 fully saturated rings. The molecule has 1 aliphatic heterocycles. The maximum Gasteiger partial charge on any atom is 0.251 e. The van der Waals surface area contributed by atoms with Gasteiger partial charge in [-0.15, -0.1) is 0 Å². The normalized spacial score (nSPS) is 20.2. The summed E-state index contributed by atoms with van der Waals surface area (Å²) in [7, 11) is -3.02. The molecular weight excluding hydrogens is 340 g/mol. The number of rotatable bonds is 3.